The Labute approximate surface area is 137 Å². The third-order valence-electron chi connectivity index (χ3n) is 4.74. The van der Waals surface area contributed by atoms with Gasteiger partial charge in [-0.3, -0.25) is 4.79 Å². The van der Waals surface area contributed by atoms with Crippen LogP contribution in [0.5, 0.6) is 0 Å². The lowest BCUT2D eigenvalue weighted by Crippen LogP contribution is -2.48. The minimum absolute atomic E-state index is 0. The second kappa shape index (κ2) is 7.61. The number of amides is 1. The highest BCUT2D eigenvalue weighted by atomic mass is 35.5. The van der Waals surface area contributed by atoms with Crippen LogP contribution >= 0.6 is 23.7 Å². The Balaban J connectivity index is 0.00000161. The minimum atomic E-state index is -0.212. The number of nitrogens with zero attached hydrogens (tertiary/aromatic N) is 1. The summed E-state index contributed by atoms with van der Waals surface area (Å²) >= 11 is 1.76. The minimum Gasteiger partial charge on any atom is -0.341 e. The van der Waals surface area contributed by atoms with E-state index in [0.29, 0.717) is 5.91 Å². The average molecular weight is 329 g/mol. The first-order chi connectivity index (χ1) is 9.83. The first-order valence-corrected chi connectivity index (χ1v) is 8.75. The van der Waals surface area contributed by atoms with E-state index in [-0.39, 0.29) is 17.8 Å². The van der Waals surface area contributed by atoms with Gasteiger partial charge in [-0.15, -0.1) is 23.7 Å². The molecule has 1 saturated heterocycles. The van der Waals surface area contributed by atoms with Gasteiger partial charge in [0.2, 0.25) is 5.91 Å². The van der Waals surface area contributed by atoms with E-state index >= 15 is 0 Å². The molecule has 21 heavy (non-hydrogen) atoms. The highest BCUT2D eigenvalue weighted by Crippen LogP contribution is 2.43. The van der Waals surface area contributed by atoms with Crippen molar-refractivity contribution in [3.8, 4) is 0 Å². The summed E-state index contributed by atoms with van der Waals surface area (Å²) in [5.74, 6) is 0.392. The Morgan fingerprint density at radius 1 is 1.14 bits per heavy atom. The van der Waals surface area contributed by atoms with Crippen molar-refractivity contribution in [2.45, 2.75) is 43.9 Å². The lowest BCUT2D eigenvalue weighted by molar-refractivity contribution is -0.138. The number of carbonyl (C=O) groups is 1. The van der Waals surface area contributed by atoms with Gasteiger partial charge in [0.15, 0.2) is 0 Å². The molecule has 1 aromatic rings. The summed E-state index contributed by atoms with van der Waals surface area (Å²) in [4.78, 5) is 16.6. The zero-order valence-corrected chi connectivity index (χ0v) is 14.1. The molecule has 1 aliphatic heterocycles. The molecule has 0 spiro atoms. The molecule has 3 rings (SSSR count). The van der Waals surface area contributed by atoms with E-state index in [2.05, 4.69) is 27.7 Å². The number of halogens is 1. The predicted octanol–water partition coefficient (Wildman–Crippen LogP) is 3.19. The fourth-order valence-electron chi connectivity index (χ4n) is 3.62. The second-order valence-corrected chi connectivity index (χ2v) is 6.96. The van der Waals surface area contributed by atoms with Crippen LogP contribution in [-0.4, -0.2) is 37.0 Å². The maximum atomic E-state index is 13.2. The molecule has 0 radical (unpaired) electrons. The molecule has 2 fully saturated rings. The van der Waals surface area contributed by atoms with Crippen molar-refractivity contribution in [3.63, 3.8) is 0 Å². The normalized spacial score (nSPS) is 22.2. The summed E-state index contributed by atoms with van der Waals surface area (Å²) in [6, 6.07) is 4.26. The summed E-state index contributed by atoms with van der Waals surface area (Å²) in [6.07, 6.45) is 6.81. The van der Waals surface area contributed by atoms with Crippen LogP contribution < -0.4 is 5.32 Å². The molecular weight excluding hydrogens is 304 g/mol. The van der Waals surface area contributed by atoms with E-state index in [1.54, 1.807) is 11.3 Å². The molecule has 1 aliphatic carbocycles. The molecule has 2 aliphatic rings. The SMILES string of the molecule is Cl.O=C(N1CCCNCC1)C1(c2cccs2)CCCCC1. The molecule has 118 valence electrons. The maximum absolute atomic E-state index is 13.2. The summed E-state index contributed by atoms with van der Waals surface area (Å²) in [6.45, 7) is 3.76. The van der Waals surface area contributed by atoms with Gasteiger partial charge in [0.1, 0.15) is 0 Å². The van der Waals surface area contributed by atoms with Crippen LogP contribution in [0, 0.1) is 0 Å². The summed E-state index contributed by atoms with van der Waals surface area (Å²) in [5.41, 5.74) is -0.212. The molecule has 0 unspecified atom stereocenters. The highest BCUT2D eigenvalue weighted by molar-refractivity contribution is 7.10. The van der Waals surface area contributed by atoms with Crippen LogP contribution in [0.4, 0.5) is 0 Å². The number of carbonyl (C=O) groups excluding carboxylic acids is 1. The van der Waals surface area contributed by atoms with E-state index in [1.807, 2.05) is 0 Å². The monoisotopic (exact) mass is 328 g/mol. The molecule has 0 aromatic carbocycles. The fraction of sp³-hybridized carbons (Fsp3) is 0.688. The van der Waals surface area contributed by atoms with Crippen LogP contribution in [0.1, 0.15) is 43.4 Å². The number of hydrogen-bond donors (Lipinski definition) is 1. The van der Waals surface area contributed by atoms with Crippen LogP contribution in [-0.2, 0) is 10.2 Å². The van der Waals surface area contributed by atoms with Crippen molar-refractivity contribution in [3.05, 3.63) is 22.4 Å². The van der Waals surface area contributed by atoms with Gasteiger partial charge in [-0.25, -0.2) is 0 Å². The van der Waals surface area contributed by atoms with Crippen molar-refractivity contribution in [1.82, 2.24) is 10.2 Å². The Hall–Kier alpha value is -0.580. The Morgan fingerprint density at radius 2 is 1.95 bits per heavy atom. The molecule has 1 saturated carbocycles. The summed E-state index contributed by atoms with van der Waals surface area (Å²) in [7, 11) is 0. The van der Waals surface area contributed by atoms with E-state index in [9.17, 15) is 4.79 Å². The largest absolute Gasteiger partial charge is 0.341 e. The van der Waals surface area contributed by atoms with Crippen LogP contribution in [0.25, 0.3) is 0 Å². The first-order valence-electron chi connectivity index (χ1n) is 7.87. The molecule has 1 N–H and O–H groups in total. The van der Waals surface area contributed by atoms with Gasteiger partial charge < -0.3 is 10.2 Å². The topological polar surface area (TPSA) is 32.3 Å². The van der Waals surface area contributed by atoms with Gasteiger partial charge in [0, 0.05) is 24.5 Å². The number of thiophene rings is 1. The van der Waals surface area contributed by atoms with Crippen LogP contribution in [0.3, 0.4) is 0 Å². The molecule has 0 bridgehead atoms. The Morgan fingerprint density at radius 3 is 2.67 bits per heavy atom. The third-order valence-corrected chi connectivity index (χ3v) is 5.81. The predicted molar refractivity (Wildman–Crippen MR) is 90.4 cm³/mol. The molecule has 2 heterocycles. The van der Waals surface area contributed by atoms with E-state index in [0.717, 1.165) is 45.4 Å². The standard InChI is InChI=1S/C16H24N2OS.ClH/c19-15(18-11-5-9-17-10-12-18)16(7-2-1-3-8-16)14-6-4-13-20-14;/h4,6,13,17H,1-3,5,7-12H2;1H. The lowest BCUT2D eigenvalue weighted by Gasteiger charge is -2.39. The van der Waals surface area contributed by atoms with Gasteiger partial charge in [0.05, 0.1) is 5.41 Å². The molecule has 3 nitrogen and oxygen atoms in total. The second-order valence-electron chi connectivity index (χ2n) is 6.02. The lowest BCUT2D eigenvalue weighted by atomic mass is 9.72. The van der Waals surface area contributed by atoms with E-state index < -0.39 is 0 Å². The Kier molecular flexibility index (Phi) is 6.08. The van der Waals surface area contributed by atoms with Gasteiger partial charge >= 0.3 is 0 Å². The molecule has 1 amide bonds. The average Bonchev–Trinajstić information content (AvgIpc) is 2.91. The van der Waals surface area contributed by atoms with Crippen molar-refractivity contribution in [1.29, 1.82) is 0 Å². The number of hydrogen-bond acceptors (Lipinski definition) is 3. The van der Waals surface area contributed by atoms with Crippen molar-refractivity contribution in [2.75, 3.05) is 26.2 Å². The quantitative estimate of drug-likeness (QED) is 0.904. The molecule has 0 atom stereocenters. The van der Waals surface area contributed by atoms with Crippen molar-refractivity contribution < 1.29 is 4.79 Å². The van der Waals surface area contributed by atoms with Crippen molar-refractivity contribution >= 4 is 29.7 Å². The zero-order valence-electron chi connectivity index (χ0n) is 12.5. The fourth-order valence-corrected chi connectivity index (χ4v) is 4.60. The Bertz CT molecular complexity index is 435. The molecule has 5 heteroatoms. The van der Waals surface area contributed by atoms with Crippen LogP contribution in [0.15, 0.2) is 17.5 Å². The summed E-state index contributed by atoms with van der Waals surface area (Å²) < 4.78 is 0. The maximum Gasteiger partial charge on any atom is 0.234 e. The third kappa shape index (κ3) is 3.43. The smallest absolute Gasteiger partial charge is 0.234 e. The van der Waals surface area contributed by atoms with Gasteiger partial charge in [0.25, 0.3) is 0 Å². The van der Waals surface area contributed by atoms with Gasteiger partial charge in [-0.1, -0.05) is 25.3 Å². The van der Waals surface area contributed by atoms with E-state index in [1.165, 1.54) is 24.1 Å². The first kappa shape index (κ1) is 16.8. The number of rotatable bonds is 2. The van der Waals surface area contributed by atoms with Crippen molar-refractivity contribution in [2.24, 2.45) is 0 Å². The number of nitrogens with one attached hydrogen (secondary N) is 1. The summed E-state index contributed by atoms with van der Waals surface area (Å²) in [5, 5.41) is 5.51. The van der Waals surface area contributed by atoms with Crippen LogP contribution in [0.2, 0.25) is 0 Å². The van der Waals surface area contributed by atoms with Gasteiger partial charge in [-0.2, -0.15) is 0 Å². The highest BCUT2D eigenvalue weighted by Gasteiger charge is 2.44. The van der Waals surface area contributed by atoms with E-state index in [4.69, 9.17) is 0 Å². The van der Waals surface area contributed by atoms with Gasteiger partial charge in [-0.05, 0) is 37.3 Å². The molecule has 1 aromatic heterocycles. The zero-order chi connectivity index (χ0) is 13.8. The molecular formula is C16H25ClN2OS.